The van der Waals surface area contributed by atoms with Crippen molar-refractivity contribution in [2.45, 2.75) is 18.4 Å². The summed E-state index contributed by atoms with van der Waals surface area (Å²) in [6.07, 6.45) is 2.03. The van der Waals surface area contributed by atoms with Gasteiger partial charge in [-0.2, -0.15) is 0 Å². The highest BCUT2D eigenvalue weighted by molar-refractivity contribution is 7.98. The number of carbonyl (C=O) groups is 1. The molecule has 0 aliphatic carbocycles. The van der Waals surface area contributed by atoms with Gasteiger partial charge in [-0.25, -0.2) is 9.78 Å². The standard InChI is InChI=1S/C23H20N2O2S/c1-16-24-21-14-18(10-13-22(21)25(16)19-6-4-3-5-7-19)23(26)27-15-17-8-11-20(28-2)12-9-17/h3-14H,15H2,1-2H3. The van der Waals surface area contributed by atoms with E-state index in [1.54, 1.807) is 23.9 Å². The topological polar surface area (TPSA) is 44.1 Å². The lowest BCUT2D eigenvalue weighted by Crippen LogP contribution is -2.05. The molecule has 4 aromatic rings. The molecule has 0 amide bonds. The summed E-state index contributed by atoms with van der Waals surface area (Å²) >= 11 is 1.68. The molecular formula is C23H20N2O2S. The minimum Gasteiger partial charge on any atom is -0.457 e. The summed E-state index contributed by atoms with van der Waals surface area (Å²) in [6, 6.07) is 23.6. The lowest BCUT2D eigenvalue weighted by molar-refractivity contribution is 0.0473. The Labute approximate surface area is 168 Å². The van der Waals surface area contributed by atoms with E-state index < -0.39 is 0 Å². The van der Waals surface area contributed by atoms with Gasteiger partial charge in [0.2, 0.25) is 0 Å². The normalized spacial score (nSPS) is 10.9. The number of ether oxygens (including phenoxy) is 1. The van der Waals surface area contributed by atoms with E-state index in [4.69, 9.17) is 4.74 Å². The first-order chi connectivity index (χ1) is 13.7. The summed E-state index contributed by atoms with van der Waals surface area (Å²) < 4.78 is 7.56. The van der Waals surface area contributed by atoms with Gasteiger partial charge < -0.3 is 4.74 Å². The fourth-order valence-corrected chi connectivity index (χ4v) is 3.59. The van der Waals surface area contributed by atoms with Gasteiger partial charge in [0.05, 0.1) is 16.6 Å². The zero-order valence-corrected chi connectivity index (χ0v) is 16.6. The maximum Gasteiger partial charge on any atom is 0.338 e. The van der Waals surface area contributed by atoms with Crippen molar-refractivity contribution < 1.29 is 9.53 Å². The number of hydrogen-bond acceptors (Lipinski definition) is 4. The molecule has 0 aliphatic rings. The van der Waals surface area contributed by atoms with Crippen molar-refractivity contribution in [1.29, 1.82) is 0 Å². The summed E-state index contributed by atoms with van der Waals surface area (Å²) in [5.41, 5.74) is 4.27. The SMILES string of the molecule is CSc1ccc(COC(=O)c2ccc3c(c2)nc(C)n3-c2ccccc2)cc1. The van der Waals surface area contributed by atoms with E-state index in [9.17, 15) is 4.79 Å². The van der Waals surface area contributed by atoms with Crippen molar-refractivity contribution in [3.05, 3.63) is 89.7 Å². The smallest absolute Gasteiger partial charge is 0.338 e. The number of para-hydroxylation sites is 1. The first-order valence-corrected chi connectivity index (χ1v) is 10.2. The predicted molar refractivity (Wildman–Crippen MR) is 113 cm³/mol. The zero-order chi connectivity index (χ0) is 19.5. The third-order valence-corrected chi connectivity index (χ3v) is 5.34. The average Bonchev–Trinajstić information content (AvgIpc) is 3.07. The van der Waals surface area contributed by atoms with E-state index in [1.165, 1.54) is 4.90 Å². The maximum absolute atomic E-state index is 12.5. The Kier molecular flexibility index (Phi) is 5.17. The van der Waals surface area contributed by atoms with E-state index in [-0.39, 0.29) is 12.6 Å². The molecule has 4 rings (SSSR count). The number of thioether (sulfide) groups is 1. The Balaban J connectivity index is 1.55. The average molecular weight is 388 g/mol. The van der Waals surface area contributed by atoms with Crippen LogP contribution < -0.4 is 0 Å². The molecule has 0 bridgehead atoms. The minimum absolute atomic E-state index is 0.253. The second kappa shape index (κ2) is 7.90. The maximum atomic E-state index is 12.5. The molecule has 3 aromatic carbocycles. The van der Waals surface area contributed by atoms with Crippen LogP contribution in [0.3, 0.4) is 0 Å². The van der Waals surface area contributed by atoms with Gasteiger partial charge in [-0.05, 0) is 61.2 Å². The van der Waals surface area contributed by atoms with Crippen molar-refractivity contribution in [3.63, 3.8) is 0 Å². The predicted octanol–water partition coefficient (Wildman–Crippen LogP) is 5.41. The largest absolute Gasteiger partial charge is 0.457 e. The third-order valence-electron chi connectivity index (χ3n) is 4.60. The van der Waals surface area contributed by atoms with Gasteiger partial charge in [0, 0.05) is 10.6 Å². The Morgan fingerprint density at radius 2 is 1.79 bits per heavy atom. The van der Waals surface area contributed by atoms with Crippen LogP contribution in [-0.4, -0.2) is 21.8 Å². The second-order valence-corrected chi connectivity index (χ2v) is 7.34. The van der Waals surface area contributed by atoms with E-state index in [0.29, 0.717) is 5.56 Å². The number of benzene rings is 3. The molecule has 5 heteroatoms. The van der Waals surface area contributed by atoms with Crippen LogP contribution in [0.15, 0.2) is 77.7 Å². The summed E-state index contributed by atoms with van der Waals surface area (Å²) in [5, 5.41) is 0. The number of fused-ring (bicyclic) bond motifs is 1. The molecule has 1 heterocycles. The number of esters is 1. The van der Waals surface area contributed by atoms with E-state index in [2.05, 4.69) is 9.55 Å². The number of hydrogen-bond donors (Lipinski definition) is 0. The van der Waals surface area contributed by atoms with Crippen molar-refractivity contribution >= 4 is 28.8 Å². The minimum atomic E-state index is -0.345. The highest BCUT2D eigenvalue weighted by Crippen LogP contribution is 2.23. The molecular weight excluding hydrogens is 368 g/mol. The summed E-state index contributed by atoms with van der Waals surface area (Å²) in [6.45, 7) is 2.21. The molecule has 0 saturated heterocycles. The molecule has 0 unspecified atom stereocenters. The fraction of sp³-hybridized carbons (Fsp3) is 0.130. The lowest BCUT2D eigenvalue weighted by Gasteiger charge is -2.07. The number of aryl methyl sites for hydroxylation is 1. The monoisotopic (exact) mass is 388 g/mol. The number of imidazole rings is 1. The molecule has 0 radical (unpaired) electrons. The van der Waals surface area contributed by atoms with Crippen LogP contribution in [0.5, 0.6) is 0 Å². The lowest BCUT2D eigenvalue weighted by atomic mass is 10.2. The van der Waals surface area contributed by atoms with Crippen LogP contribution in [0.2, 0.25) is 0 Å². The Hall–Kier alpha value is -3.05. The summed E-state index contributed by atoms with van der Waals surface area (Å²) in [4.78, 5) is 18.3. The summed E-state index contributed by atoms with van der Waals surface area (Å²) in [7, 11) is 0. The Bertz CT molecular complexity index is 1120. The molecule has 28 heavy (non-hydrogen) atoms. The van der Waals surface area contributed by atoms with Gasteiger partial charge in [0.15, 0.2) is 0 Å². The van der Waals surface area contributed by atoms with Crippen LogP contribution in [0, 0.1) is 6.92 Å². The van der Waals surface area contributed by atoms with Crippen molar-refractivity contribution in [2.75, 3.05) is 6.26 Å². The van der Waals surface area contributed by atoms with Crippen molar-refractivity contribution in [2.24, 2.45) is 0 Å². The van der Waals surface area contributed by atoms with Crippen LogP contribution in [-0.2, 0) is 11.3 Å². The van der Waals surface area contributed by atoms with Crippen LogP contribution in [0.4, 0.5) is 0 Å². The van der Waals surface area contributed by atoms with Crippen LogP contribution in [0.25, 0.3) is 16.7 Å². The first-order valence-electron chi connectivity index (χ1n) is 9.00. The molecule has 0 atom stereocenters. The molecule has 140 valence electrons. The van der Waals surface area contributed by atoms with Crippen LogP contribution in [0.1, 0.15) is 21.7 Å². The third kappa shape index (κ3) is 3.66. The number of aromatic nitrogens is 2. The van der Waals surface area contributed by atoms with Gasteiger partial charge in [-0.15, -0.1) is 11.8 Å². The highest BCUT2D eigenvalue weighted by atomic mass is 32.2. The van der Waals surface area contributed by atoms with Gasteiger partial charge >= 0.3 is 5.97 Å². The van der Waals surface area contributed by atoms with Gasteiger partial charge in [0.25, 0.3) is 0 Å². The van der Waals surface area contributed by atoms with Gasteiger partial charge in [0.1, 0.15) is 12.4 Å². The van der Waals surface area contributed by atoms with Gasteiger partial charge in [-0.3, -0.25) is 4.57 Å². The zero-order valence-electron chi connectivity index (χ0n) is 15.8. The fourth-order valence-electron chi connectivity index (χ4n) is 3.18. The van der Waals surface area contributed by atoms with Crippen molar-refractivity contribution in [1.82, 2.24) is 9.55 Å². The summed E-state index contributed by atoms with van der Waals surface area (Å²) in [5.74, 6) is 0.531. The highest BCUT2D eigenvalue weighted by Gasteiger charge is 2.13. The first kappa shape index (κ1) is 18.3. The molecule has 0 aliphatic heterocycles. The van der Waals surface area contributed by atoms with Crippen LogP contribution >= 0.6 is 11.8 Å². The Morgan fingerprint density at radius 1 is 1.04 bits per heavy atom. The number of rotatable bonds is 5. The van der Waals surface area contributed by atoms with E-state index in [1.807, 2.05) is 73.8 Å². The molecule has 0 fully saturated rings. The van der Waals surface area contributed by atoms with E-state index >= 15 is 0 Å². The van der Waals surface area contributed by atoms with E-state index in [0.717, 1.165) is 28.1 Å². The second-order valence-electron chi connectivity index (χ2n) is 6.46. The molecule has 0 saturated carbocycles. The number of nitrogens with zero attached hydrogens (tertiary/aromatic N) is 2. The Morgan fingerprint density at radius 3 is 2.50 bits per heavy atom. The molecule has 0 spiro atoms. The quantitative estimate of drug-likeness (QED) is 0.339. The molecule has 4 nitrogen and oxygen atoms in total. The molecule has 1 aromatic heterocycles. The molecule has 0 N–H and O–H groups in total. The van der Waals surface area contributed by atoms with Gasteiger partial charge in [-0.1, -0.05) is 30.3 Å². The van der Waals surface area contributed by atoms with Crippen molar-refractivity contribution in [3.8, 4) is 5.69 Å². The number of carbonyl (C=O) groups excluding carboxylic acids is 1.